The van der Waals surface area contributed by atoms with E-state index in [-0.39, 0.29) is 6.03 Å². The van der Waals surface area contributed by atoms with Gasteiger partial charge in [0, 0.05) is 32.7 Å². The molecule has 1 saturated heterocycles. The van der Waals surface area contributed by atoms with Crippen LogP contribution in [0, 0.1) is 18.3 Å². The fourth-order valence-electron chi connectivity index (χ4n) is 3.65. The summed E-state index contributed by atoms with van der Waals surface area (Å²) in [6.45, 7) is 5.98. The minimum Gasteiger partial charge on any atom is -0.320 e. The first-order chi connectivity index (χ1) is 14.1. The van der Waals surface area contributed by atoms with Crippen molar-refractivity contribution in [3.8, 4) is 17.2 Å². The van der Waals surface area contributed by atoms with Crippen molar-refractivity contribution in [1.82, 2.24) is 19.6 Å². The van der Waals surface area contributed by atoms with Gasteiger partial charge in [-0.2, -0.15) is 15.0 Å². The van der Waals surface area contributed by atoms with E-state index < -0.39 is 0 Å². The minimum absolute atomic E-state index is 0.172. The van der Waals surface area contributed by atoms with Gasteiger partial charge in [0.25, 0.3) is 0 Å². The molecule has 1 aromatic heterocycles. The molecule has 6 heteroatoms. The quantitative estimate of drug-likeness (QED) is 0.692. The summed E-state index contributed by atoms with van der Waals surface area (Å²) in [6.07, 6.45) is 2.89. The van der Waals surface area contributed by atoms with Gasteiger partial charge < -0.3 is 4.90 Å². The maximum atomic E-state index is 12.5. The van der Waals surface area contributed by atoms with Gasteiger partial charge >= 0.3 is 6.03 Å². The number of nitriles is 1. The molecule has 3 aromatic rings. The molecule has 29 heavy (non-hydrogen) atoms. The number of carbonyl (C=O) groups excluding carboxylic acids is 1. The summed E-state index contributed by atoms with van der Waals surface area (Å²) in [4.78, 5) is 16.7. The van der Waals surface area contributed by atoms with Gasteiger partial charge in [0.15, 0.2) is 0 Å². The molecule has 6 nitrogen and oxygen atoms in total. The number of rotatable bonds is 3. The summed E-state index contributed by atoms with van der Waals surface area (Å²) >= 11 is 0. The zero-order valence-corrected chi connectivity index (χ0v) is 16.5. The third-order valence-corrected chi connectivity index (χ3v) is 5.39. The van der Waals surface area contributed by atoms with E-state index >= 15 is 0 Å². The Balaban J connectivity index is 1.36. The number of piperazine rings is 1. The average Bonchev–Trinajstić information content (AvgIpc) is 3.25. The zero-order chi connectivity index (χ0) is 20.2. The molecule has 2 aromatic carbocycles. The fraction of sp³-hybridized carbons (Fsp3) is 0.261. The Kier molecular flexibility index (Phi) is 5.41. The first kappa shape index (κ1) is 18.9. The van der Waals surface area contributed by atoms with Crippen molar-refractivity contribution < 1.29 is 4.79 Å². The standard InChI is InChI=1S/C23H23N5O/c1-18-13-21(20-5-3-2-4-6-20)7-8-22(18)17-26-9-11-27(12-10-26)23(29)28-16-19(14-24)15-25-28/h2-8,13,15-16H,9-12,17H2,1H3. The predicted octanol–water partition coefficient (Wildman–Crippen LogP) is 3.52. The number of benzene rings is 2. The third-order valence-electron chi connectivity index (χ3n) is 5.39. The zero-order valence-electron chi connectivity index (χ0n) is 16.5. The SMILES string of the molecule is Cc1cc(-c2ccccc2)ccc1CN1CCN(C(=O)n2cc(C#N)cn2)CC1. The first-order valence-electron chi connectivity index (χ1n) is 9.75. The molecule has 0 bridgehead atoms. The third kappa shape index (κ3) is 4.20. The Labute approximate surface area is 170 Å². The van der Waals surface area contributed by atoms with Crippen molar-refractivity contribution in [2.75, 3.05) is 26.2 Å². The summed E-state index contributed by atoms with van der Waals surface area (Å²) in [6, 6.07) is 18.9. The van der Waals surface area contributed by atoms with Crippen LogP contribution in [0.2, 0.25) is 0 Å². The summed E-state index contributed by atoms with van der Waals surface area (Å²) < 4.78 is 1.25. The van der Waals surface area contributed by atoms with Crippen molar-refractivity contribution >= 4 is 6.03 Å². The van der Waals surface area contributed by atoms with Crippen molar-refractivity contribution in [2.24, 2.45) is 0 Å². The van der Waals surface area contributed by atoms with Gasteiger partial charge in [-0.3, -0.25) is 4.90 Å². The molecular weight excluding hydrogens is 362 g/mol. The highest BCUT2D eigenvalue weighted by molar-refractivity contribution is 5.76. The second-order valence-corrected chi connectivity index (χ2v) is 7.34. The highest BCUT2D eigenvalue weighted by atomic mass is 16.2. The number of carbonyl (C=O) groups is 1. The van der Waals surface area contributed by atoms with Crippen LogP contribution in [-0.2, 0) is 6.54 Å². The van der Waals surface area contributed by atoms with Gasteiger partial charge in [0.05, 0.1) is 18.0 Å². The molecule has 1 amide bonds. The first-order valence-corrected chi connectivity index (χ1v) is 9.75. The molecule has 1 aliphatic heterocycles. The normalized spacial score (nSPS) is 14.6. The molecule has 2 heterocycles. The van der Waals surface area contributed by atoms with Gasteiger partial charge in [0.2, 0.25) is 0 Å². The number of aryl methyl sites for hydroxylation is 1. The van der Waals surface area contributed by atoms with Crippen LogP contribution in [-0.4, -0.2) is 51.8 Å². The Morgan fingerprint density at radius 1 is 1.07 bits per heavy atom. The lowest BCUT2D eigenvalue weighted by atomic mass is 9.99. The molecule has 0 spiro atoms. The molecular formula is C23H23N5O. The Morgan fingerprint density at radius 3 is 2.48 bits per heavy atom. The molecule has 0 saturated carbocycles. The molecule has 0 radical (unpaired) electrons. The van der Waals surface area contributed by atoms with Gasteiger partial charge in [-0.15, -0.1) is 0 Å². The predicted molar refractivity (Wildman–Crippen MR) is 111 cm³/mol. The maximum Gasteiger partial charge on any atom is 0.344 e. The van der Waals surface area contributed by atoms with E-state index in [2.05, 4.69) is 59.4 Å². The Bertz CT molecular complexity index is 1040. The van der Waals surface area contributed by atoms with Crippen LogP contribution in [0.25, 0.3) is 11.1 Å². The fourth-order valence-corrected chi connectivity index (χ4v) is 3.65. The van der Waals surface area contributed by atoms with E-state index in [1.807, 2.05) is 12.1 Å². The van der Waals surface area contributed by atoms with Gasteiger partial charge in [0.1, 0.15) is 6.07 Å². The Morgan fingerprint density at radius 2 is 1.83 bits per heavy atom. The maximum absolute atomic E-state index is 12.5. The van der Waals surface area contributed by atoms with E-state index in [9.17, 15) is 4.79 Å². The van der Waals surface area contributed by atoms with Crippen molar-refractivity contribution in [1.29, 1.82) is 5.26 Å². The van der Waals surface area contributed by atoms with Crippen LogP contribution < -0.4 is 0 Å². The van der Waals surface area contributed by atoms with Crippen LogP contribution in [0.4, 0.5) is 4.79 Å². The van der Waals surface area contributed by atoms with E-state index in [0.29, 0.717) is 18.7 Å². The van der Waals surface area contributed by atoms with Gasteiger partial charge in [-0.05, 0) is 29.2 Å². The van der Waals surface area contributed by atoms with E-state index in [1.165, 1.54) is 39.3 Å². The number of hydrogen-bond acceptors (Lipinski definition) is 4. The van der Waals surface area contributed by atoms with Crippen LogP contribution in [0.15, 0.2) is 60.9 Å². The van der Waals surface area contributed by atoms with Crippen molar-refractivity contribution in [3.05, 3.63) is 77.6 Å². The van der Waals surface area contributed by atoms with E-state index in [1.54, 1.807) is 4.90 Å². The van der Waals surface area contributed by atoms with Crippen molar-refractivity contribution in [2.45, 2.75) is 13.5 Å². The highest BCUT2D eigenvalue weighted by Gasteiger charge is 2.23. The summed E-state index contributed by atoms with van der Waals surface area (Å²) in [5, 5.41) is 12.9. The van der Waals surface area contributed by atoms with E-state index in [4.69, 9.17) is 5.26 Å². The van der Waals surface area contributed by atoms with Gasteiger partial charge in [-0.25, -0.2) is 4.79 Å². The lowest BCUT2D eigenvalue weighted by Gasteiger charge is -2.34. The smallest absolute Gasteiger partial charge is 0.320 e. The number of hydrogen-bond donors (Lipinski definition) is 0. The number of amides is 1. The molecule has 146 valence electrons. The second kappa shape index (κ2) is 8.29. The van der Waals surface area contributed by atoms with Crippen LogP contribution in [0.5, 0.6) is 0 Å². The van der Waals surface area contributed by atoms with Crippen LogP contribution in [0.3, 0.4) is 0 Å². The molecule has 1 aliphatic rings. The topological polar surface area (TPSA) is 65.2 Å². The number of aromatic nitrogens is 2. The van der Waals surface area contributed by atoms with Gasteiger partial charge in [-0.1, -0.05) is 48.5 Å². The summed E-state index contributed by atoms with van der Waals surface area (Å²) in [5.74, 6) is 0. The summed E-state index contributed by atoms with van der Waals surface area (Å²) in [7, 11) is 0. The Hall–Kier alpha value is -3.43. The molecule has 4 rings (SSSR count). The molecule has 1 fully saturated rings. The van der Waals surface area contributed by atoms with Crippen molar-refractivity contribution in [3.63, 3.8) is 0 Å². The summed E-state index contributed by atoms with van der Waals surface area (Å²) in [5.41, 5.74) is 5.46. The lowest BCUT2D eigenvalue weighted by Crippen LogP contribution is -2.49. The minimum atomic E-state index is -0.172. The average molecular weight is 385 g/mol. The molecule has 0 atom stereocenters. The molecule has 0 unspecified atom stereocenters. The number of nitrogens with zero attached hydrogens (tertiary/aromatic N) is 5. The second-order valence-electron chi connectivity index (χ2n) is 7.34. The molecule has 0 aliphatic carbocycles. The molecule has 0 N–H and O–H groups in total. The van der Waals surface area contributed by atoms with E-state index in [0.717, 1.165) is 19.6 Å². The van der Waals surface area contributed by atoms with Crippen LogP contribution >= 0.6 is 0 Å². The largest absolute Gasteiger partial charge is 0.344 e. The lowest BCUT2D eigenvalue weighted by molar-refractivity contribution is 0.134. The monoisotopic (exact) mass is 385 g/mol. The van der Waals surface area contributed by atoms with Crippen LogP contribution in [0.1, 0.15) is 16.7 Å². The highest BCUT2D eigenvalue weighted by Crippen LogP contribution is 2.23.